The molecule has 0 radical (unpaired) electrons. The molecule has 0 spiro atoms. The summed E-state index contributed by atoms with van der Waals surface area (Å²) in [5.74, 6) is 0. The van der Waals surface area contributed by atoms with Crippen LogP contribution >= 0.6 is 23.2 Å². The number of nitriles is 1. The zero-order valence-electron chi connectivity index (χ0n) is 9.24. The van der Waals surface area contributed by atoms with Crippen molar-refractivity contribution in [2.75, 3.05) is 11.1 Å². The van der Waals surface area contributed by atoms with Crippen molar-refractivity contribution < 1.29 is 0 Å². The molecule has 0 unspecified atom stereocenters. The van der Waals surface area contributed by atoms with Gasteiger partial charge < -0.3 is 11.1 Å². The Labute approximate surface area is 115 Å². The fourth-order valence-electron chi connectivity index (χ4n) is 1.51. The number of halogens is 2. The normalized spacial score (nSPS) is 9.83. The molecule has 18 heavy (non-hydrogen) atoms. The first-order valence-corrected chi connectivity index (χ1v) is 5.88. The summed E-state index contributed by atoms with van der Waals surface area (Å²) < 4.78 is 0. The van der Waals surface area contributed by atoms with Crippen LogP contribution in [0.15, 0.2) is 36.4 Å². The number of rotatable bonds is 2. The highest BCUT2D eigenvalue weighted by molar-refractivity contribution is 6.36. The second-order valence-corrected chi connectivity index (χ2v) is 4.47. The van der Waals surface area contributed by atoms with Crippen molar-refractivity contribution in [2.45, 2.75) is 0 Å². The minimum Gasteiger partial charge on any atom is -0.396 e. The number of benzene rings is 2. The van der Waals surface area contributed by atoms with E-state index in [2.05, 4.69) is 5.32 Å². The van der Waals surface area contributed by atoms with Gasteiger partial charge in [0.15, 0.2) is 0 Å². The molecule has 0 bridgehead atoms. The SMILES string of the molecule is N#Cc1cccc(Nc2ccc(Cl)cc2Cl)c1N. The van der Waals surface area contributed by atoms with Gasteiger partial charge in [-0.3, -0.25) is 0 Å². The van der Waals surface area contributed by atoms with E-state index in [1.807, 2.05) is 6.07 Å². The van der Waals surface area contributed by atoms with Crippen LogP contribution in [0.2, 0.25) is 10.0 Å². The van der Waals surface area contributed by atoms with E-state index >= 15 is 0 Å². The first-order valence-electron chi connectivity index (χ1n) is 5.12. The smallest absolute Gasteiger partial charge is 0.101 e. The van der Waals surface area contributed by atoms with Gasteiger partial charge in [0.05, 0.1) is 27.6 Å². The van der Waals surface area contributed by atoms with E-state index in [-0.39, 0.29) is 0 Å². The van der Waals surface area contributed by atoms with Gasteiger partial charge >= 0.3 is 0 Å². The molecule has 3 nitrogen and oxygen atoms in total. The van der Waals surface area contributed by atoms with Gasteiger partial charge in [0.2, 0.25) is 0 Å². The number of nitrogens with two attached hydrogens (primary N) is 1. The van der Waals surface area contributed by atoms with E-state index in [0.717, 1.165) is 0 Å². The molecule has 0 saturated carbocycles. The minimum absolute atomic E-state index is 0.394. The molecule has 0 aliphatic heterocycles. The first kappa shape index (κ1) is 12.6. The largest absolute Gasteiger partial charge is 0.396 e. The molecule has 90 valence electrons. The van der Waals surface area contributed by atoms with Crippen molar-refractivity contribution in [3.8, 4) is 6.07 Å². The first-order chi connectivity index (χ1) is 8.61. The molecular formula is C13H9Cl2N3. The zero-order valence-corrected chi connectivity index (χ0v) is 10.8. The molecular weight excluding hydrogens is 269 g/mol. The molecule has 5 heteroatoms. The summed E-state index contributed by atoms with van der Waals surface area (Å²) in [5.41, 5.74) is 8.00. The number of nitrogens with zero attached hydrogens (tertiary/aromatic N) is 1. The molecule has 0 saturated heterocycles. The standard InChI is InChI=1S/C13H9Cl2N3/c14-9-4-5-11(10(15)6-9)18-12-3-1-2-8(7-16)13(12)17/h1-6,18H,17H2. The summed E-state index contributed by atoms with van der Waals surface area (Å²) in [6.07, 6.45) is 0. The molecule has 0 aliphatic rings. The Morgan fingerprint density at radius 1 is 1.11 bits per heavy atom. The predicted molar refractivity (Wildman–Crippen MR) is 75.3 cm³/mol. The molecule has 0 aliphatic carbocycles. The fourth-order valence-corrected chi connectivity index (χ4v) is 1.96. The van der Waals surface area contributed by atoms with E-state index in [4.69, 9.17) is 34.2 Å². The Morgan fingerprint density at radius 2 is 1.89 bits per heavy atom. The maximum atomic E-state index is 8.90. The van der Waals surface area contributed by atoms with Gasteiger partial charge in [-0.05, 0) is 30.3 Å². The lowest BCUT2D eigenvalue weighted by Crippen LogP contribution is -1.99. The van der Waals surface area contributed by atoms with Crippen molar-refractivity contribution in [1.29, 1.82) is 5.26 Å². The van der Waals surface area contributed by atoms with Gasteiger partial charge in [-0.15, -0.1) is 0 Å². The maximum Gasteiger partial charge on any atom is 0.101 e. The van der Waals surface area contributed by atoms with Crippen molar-refractivity contribution in [2.24, 2.45) is 0 Å². The van der Waals surface area contributed by atoms with Crippen LogP contribution < -0.4 is 11.1 Å². The van der Waals surface area contributed by atoms with Gasteiger partial charge in [-0.1, -0.05) is 29.3 Å². The third-order valence-electron chi connectivity index (χ3n) is 2.43. The molecule has 0 atom stereocenters. The van der Waals surface area contributed by atoms with Crippen LogP contribution in [0, 0.1) is 11.3 Å². The van der Waals surface area contributed by atoms with E-state index in [0.29, 0.717) is 32.7 Å². The summed E-state index contributed by atoms with van der Waals surface area (Å²) >= 11 is 11.9. The monoisotopic (exact) mass is 277 g/mol. The Balaban J connectivity index is 2.38. The van der Waals surface area contributed by atoms with E-state index in [9.17, 15) is 0 Å². The summed E-state index contributed by atoms with van der Waals surface area (Å²) in [5, 5.41) is 13.0. The number of para-hydroxylation sites is 1. The van der Waals surface area contributed by atoms with Crippen LogP contribution in [0.25, 0.3) is 0 Å². The Bertz CT molecular complexity index is 633. The minimum atomic E-state index is 0.394. The average molecular weight is 278 g/mol. The summed E-state index contributed by atoms with van der Waals surface area (Å²) in [6, 6.07) is 12.3. The number of nitrogens with one attached hydrogen (secondary N) is 1. The van der Waals surface area contributed by atoms with Crippen LogP contribution in [-0.2, 0) is 0 Å². The second-order valence-electron chi connectivity index (χ2n) is 3.63. The molecule has 2 rings (SSSR count). The van der Waals surface area contributed by atoms with Crippen LogP contribution in [0.1, 0.15) is 5.56 Å². The fraction of sp³-hybridized carbons (Fsp3) is 0. The van der Waals surface area contributed by atoms with Crippen molar-refractivity contribution in [3.05, 3.63) is 52.0 Å². The number of anilines is 3. The number of nitrogen functional groups attached to an aromatic ring is 1. The Hall–Kier alpha value is -1.89. The topological polar surface area (TPSA) is 61.8 Å². The highest BCUT2D eigenvalue weighted by Crippen LogP contribution is 2.31. The number of hydrogen-bond donors (Lipinski definition) is 2. The third kappa shape index (κ3) is 2.51. The summed E-state index contributed by atoms with van der Waals surface area (Å²) in [4.78, 5) is 0. The van der Waals surface area contributed by atoms with E-state index in [1.165, 1.54) is 0 Å². The quantitative estimate of drug-likeness (QED) is 0.809. The van der Waals surface area contributed by atoms with Crippen LogP contribution in [0.5, 0.6) is 0 Å². The average Bonchev–Trinajstić information content (AvgIpc) is 2.35. The lowest BCUT2D eigenvalue weighted by molar-refractivity contribution is 1.47. The van der Waals surface area contributed by atoms with E-state index in [1.54, 1.807) is 36.4 Å². The van der Waals surface area contributed by atoms with Gasteiger partial charge in [0.1, 0.15) is 6.07 Å². The Kier molecular flexibility index (Phi) is 3.61. The molecule has 0 fully saturated rings. The van der Waals surface area contributed by atoms with E-state index < -0.39 is 0 Å². The predicted octanol–water partition coefficient (Wildman–Crippen LogP) is 4.19. The zero-order chi connectivity index (χ0) is 13.1. The van der Waals surface area contributed by atoms with Crippen molar-refractivity contribution in [3.63, 3.8) is 0 Å². The van der Waals surface area contributed by atoms with Crippen LogP contribution in [0.3, 0.4) is 0 Å². The molecule has 2 aromatic rings. The van der Waals surface area contributed by atoms with Gasteiger partial charge in [-0.2, -0.15) is 5.26 Å². The molecule has 0 aromatic heterocycles. The molecule has 0 heterocycles. The molecule has 0 amide bonds. The lowest BCUT2D eigenvalue weighted by Gasteiger charge is -2.11. The Morgan fingerprint density at radius 3 is 2.56 bits per heavy atom. The highest BCUT2D eigenvalue weighted by Gasteiger charge is 2.07. The number of hydrogen-bond acceptors (Lipinski definition) is 3. The highest BCUT2D eigenvalue weighted by atomic mass is 35.5. The summed E-state index contributed by atoms with van der Waals surface area (Å²) in [7, 11) is 0. The molecule has 3 N–H and O–H groups in total. The third-order valence-corrected chi connectivity index (χ3v) is 2.97. The lowest BCUT2D eigenvalue weighted by atomic mass is 10.1. The van der Waals surface area contributed by atoms with Crippen LogP contribution in [-0.4, -0.2) is 0 Å². The van der Waals surface area contributed by atoms with Crippen molar-refractivity contribution in [1.82, 2.24) is 0 Å². The summed E-state index contributed by atoms with van der Waals surface area (Å²) in [6.45, 7) is 0. The van der Waals surface area contributed by atoms with Gasteiger partial charge in [0.25, 0.3) is 0 Å². The second kappa shape index (κ2) is 5.18. The van der Waals surface area contributed by atoms with Gasteiger partial charge in [0, 0.05) is 5.02 Å². The van der Waals surface area contributed by atoms with Crippen LogP contribution in [0.4, 0.5) is 17.1 Å². The maximum absolute atomic E-state index is 8.90. The van der Waals surface area contributed by atoms with Crippen molar-refractivity contribution >= 4 is 40.3 Å². The molecule has 2 aromatic carbocycles. The van der Waals surface area contributed by atoms with Gasteiger partial charge in [-0.25, -0.2) is 0 Å².